The van der Waals surface area contributed by atoms with Crippen LogP contribution >= 0.6 is 0 Å². The molecule has 2 aromatic rings. The molecule has 11 heavy (non-hydrogen) atoms. The van der Waals surface area contributed by atoms with Gasteiger partial charge in [0.2, 0.25) is 0 Å². The van der Waals surface area contributed by atoms with Gasteiger partial charge in [-0.1, -0.05) is 12.1 Å². The molecule has 0 fully saturated rings. The molecule has 0 aliphatic rings. The Morgan fingerprint density at radius 1 is 1.36 bits per heavy atom. The highest BCUT2D eigenvalue weighted by molar-refractivity contribution is 5.83. The lowest BCUT2D eigenvalue weighted by molar-refractivity contribution is 1.25. The van der Waals surface area contributed by atoms with Crippen LogP contribution in [0.15, 0.2) is 18.2 Å². The third-order valence-corrected chi connectivity index (χ3v) is 2.15. The molecule has 1 heterocycles. The Hall–Kier alpha value is -1.24. The van der Waals surface area contributed by atoms with E-state index in [1.807, 2.05) is 12.1 Å². The maximum absolute atomic E-state index is 3.30. The molecule has 0 atom stereocenters. The third kappa shape index (κ3) is 0.845. The Bertz CT molecular complexity index is 385. The minimum absolute atomic E-state index is 1.18. The van der Waals surface area contributed by atoms with E-state index >= 15 is 0 Å². The fraction of sp³-hybridized carbons (Fsp3) is 0.200. The molecular formula is C10H10N. The van der Waals surface area contributed by atoms with Crippen molar-refractivity contribution in [3.63, 3.8) is 0 Å². The summed E-state index contributed by atoms with van der Waals surface area (Å²) in [4.78, 5) is 3.30. The first kappa shape index (κ1) is 6.47. The molecule has 0 aliphatic carbocycles. The van der Waals surface area contributed by atoms with Crippen molar-refractivity contribution in [2.75, 3.05) is 0 Å². The highest BCUT2D eigenvalue weighted by Crippen LogP contribution is 2.19. The number of hydrogen-bond donors (Lipinski definition) is 1. The fourth-order valence-electron chi connectivity index (χ4n) is 1.36. The predicted molar refractivity (Wildman–Crippen MR) is 46.6 cm³/mol. The largest absolute Gasteiger partial charge is 0.358 e. The lowest BCUT2D eigenvalue weighted by atomic mass is 10.2. The molecule has 55 valence electrons. The Morgan fingerprint density at radius 2 is 2.18 bits per heavy atom. The zero-order valence-electron chi connectivity index (χ0n) is 6.73. The normalized spacial score (nSPS) is 10.7. The molecule has 0 bridgehead atoms. The molecule has 0 saturated carbocycles. The van der Waals surface area contributed by atoms with E-state index in [9.17, 15) is 0 Å². The van der Waals surface area contributed by atoms with Crippen LogP contribution in [0.2, 0.25) is 0 Å². The molecule has 0 saturated heterocycles. The SMILES string of the molecule is Cc1[nH]c2c[c]ccc2c1C. The quantitative estimate of drug-likeness (QED) is 0.585. The Balaban J connectivity index is 2.92. The minimum Gasteiger partial charge on any atom is -0.358 e. The van der Waals surface area contributed by atoms with Crippen LogP contribution in [0.25, 0.3) is 10.9 Å². The van der Waals surface area contributed by atoms with Crippen LogP contribution in [0.5, 0.6) is 0 Å². The van der Waals surface area contributed by atoms with E-state index < -0.39 is 0 Å². The maximum atomic E-state index is 3.30. The van der Waals surface area contributed by atoms with Gasteiger partial charge in [0, 0.05) is 16.6 Å². The van der Waals surface area contributed by atoms with Gasteiger partial charge < -0.3 is 4.98 Å². The minimum atomic E-state index is 1.18. The van der Waals surface area contributed by atoms with Crippen molar-refractivity contribution < 1.29 is 0 Å². The number of hydrogen-bond acceptors (Lipinski definition) is 0. The molecule has 0 aliphatic heterocycles. The first-order valence-corrected chi connectivity index (χ1v) is 3.74. The van der Waals surface area contributed by atoms with Crippen molar-refractivity contribution in [1.29, 1.82) is 0 Å². The summed E-state index contributed by atoms with van der Waals surface area (Å²) >= 11 is 0. The Kier molecular flexibility index (Phi) is 1.25. The molecule has 1 aromatic carbocycles. The topological polar surface area (TPSA) is 15.8 Å². The summed E-state index contributed by atoms with van der Waals surface area (Å²) in [6, 6.07) is 9.06. The maximum Gasteiger partial charge on any atom is 0.0464 e. The molecular weight excluding hydrogens is 134 g/mol. The standard InChI is InChI=1S/C10H10N/c1-7-8(2)11-10-6-4-3-5-9(7)10/h3,5-6,11H,1-2H3. The van der Waals surface area contributed by atoms with E-state index in [2.05, 4.69) is 31.0 Å². The smallest absolute Gasteiger partial charge is 0.0464 e. The zero-order valence-corrected chi connectivity index (χ0v) is 6.73. The fourth-order valence-corrected chi connectivity index (χ4v) is 1.36. The highest BCUT2D eigenvalue weighted by Gasteiger charge is 2.00. The Labute approximate surface area is 66.1 Å². The molecule has 1 heteroatoms. The van der Waals surface area contributed by atoms with Gasteiger partial charge in [-0.05, 0) is 31.5 Å². The summed E-state index contributed by atoms with van der Waals surface area (Å²) in [6.07, 6.45) is 0. The van der Waals surface area contributed by atoms with Crippen LogP contribution in [-0.2, 0) is 0 Å². The lowest BCUT2D eigenvalue weighted by Gasteiger charge is -1.87. The molecule has 0 amide bonds. The molecule has 1 radical (unpaired) electrons. The van der Waals surface area contributed by atoms with E-state index in [4.69, 9.17) is 0 Å². The van der Waals surface area contributed by atoms with Gasteiger partial charge in [-0.2, -0.15) is 0 Å². The van der Waals surface area contributed by atoms with Crippen LogP contribution in [0.3, 0.4) is 0 Å². The van der Waals surface area contributed by atoms with E-state index in [1.165, 1.54) is 22.2 Å². The van der Waals surface area contributed by atoms with Gasteiger partial charge in [0.1, 0.15) is 0 Å². The van der Waals surface area contributed by atoms with Gasteiger partial charge in [0.05, 0.1) is 0 Å². The summed E-state index contributed by atoms with van der Waals surface area (Å²) in [5.41, 5.74) is 3.77. The molecule has 0 unspecified atom stereocenters. The number of aryl methyl sites for hydroxylation is 2. The molecule has 1 nitrogen and oxygen atoms in total. The van der Waals surface area contributed by atoms with Gasteiger partial charge in [-0.3, -0.25) is 0 Å². The first-order chi connectivity index (χ1) is 5.29. The number of rotatable bonds is 0. The number of aromatic amines is 1. The lowest BCUT2D eigenvalue weighted by Crippen LogP contribution is -1.70. The summed E-state index contributed by atoms with van der Waals surface area (Å²) in [5, 5.41) is 1.31. The van der Waals surface area contributed by atoms with Gasteiger partial charge in [0.15, 0.2) is 0 Å². The van der Waals surface area contributed by atoms with Crippen LogP contribution < -0.4 is 0 Å². The van der Waals surface area contributed by atoms with E-state index in [1.54, 1.807) is 0 Å². The van der Waals surface area contributed by atoms with E-state index in [0.717, 1.165) is 0 Å². The van der Waals surface area contributed by atoms with Crippen LogP contribution in [0.4, 0.5) is 0 Å². The van der Waals surface area contributed by atoms with Gasteiger partial charge in [-0.15, -0.1) is 0 Å². The van der Waals surface area contributed by atoms with Gasteiger partial charge >= 0.3 is 0 Å². The van der Waals surface area contributed by atoms with Gasteiger partial charge in [-0.25, -0.2) is 0 Å². The average Bonchev–Trinajstić information content (AvgIpc) is 2.30. The average molecular weight is 144 g/mol. The second-order valence-corrected chi connectivity index (χ2v) is 2.85. The van der Waals surface area contributed by atoms with Crippen LogP contribution in [0, 0.1) is 19.9 Å². The molecule has 2 rings (SSSR count). The number of aromatic nitrogens is 1. The monoisotopic (exact) mass is 144 g/mol. The number of H-pyrrole nitrogens is 1. The second-order valence-electron chi connectivity index (χ2n) is 2.85. The predicted octanol–water partition coefficient (Wildman–Crippen LogP) is 2.58. The Morgan fingerprint density at radius 3 is 2.91 bits per heavy atom. The van der Waals surface area contributed by atoms with E-state index in [-0.39, 0.29) is 0 Å². The number of nitrogens with one attached hydrogen (secondary N) is 1. The molecule has 1 N–H and O–H groups in total. The third-order valence-electron chi connectivity index (χ3n) is 2.15. The van der Waals surface area contributed by atoms with Crippen molar-refractivity contribution in [2.45, 2.75) is 13.8 Å². The van der Waals surface area contributed by atoms with Crippen LogP contribution in [-0.4, -0.2) is 4.98 Å². The van der Waals surface area contributed by atoms with Crippen molar-refractivity contribution in [1.82, 2.24) is 4.98 Å². The van der Waals surface area contributed by atoms with Crippen LogP contribution in [0.1, 0.15) is 11.3 Å². The first-order valence-electron chi connectivity index (χ1n) is 3.74. The van der Waals surface area contributed by atoms with E-state index in [0.29, 0.717) is 0 Å². The zero-order chi connectivity index (χ0) is 7.84. The number of fused-ring (bicyclic) bond motifs is 1. The summed E-state index contributed by atoms with van der Waals surface area (Å²) < 4.78 is 0. The van der Waals surface area contributed by atoms with Crippen molar-refractivity contribution >= 4 is 10.9 Å². The van der Waals surface area contributed by atoms with Gasteiger partial charge in [0.25, 0.3) is 0 Å². The molecule has 0 spiro atoms. The summed E-state index contributed by atoms with van der Waals surface area (Å²) in [5.74, 6) is 0. The number of benzene rings is 1. The second kappa shape index (κ2) is 2.12. The summed E-state index contributed by atoms with van der Waals surface area (Å²) in [7, 11) is 0. The summed E-state index contributed by atoms with van der Waals surface area (Å²) in [6.45, 7) is 4.23. The molecule has 1 aromatic heterocycles. The van der Waals surface area contributed by atoms with Crippen molar-refractivity contribution in [2.24, 2.45) is 0 Å². The van der Waals surface area contributed by atoms with Crippen molar-refractivity contribution in [3.05, 3.63) is 35.5 Å². The van der Waals surface area contributed by atoms with Crippen molar-refractivity contribution in [3.8, 4) is 0 Å². The highest BCUT2D eigenvalue weighted by atomic mass is 14.7.